The molecule has 1 aliphatic rings. The van der Waals surface area contributed by atoms with Gasteiger partial charge in [-0.1, -0.05) is 27.7 Å². The third-order valence-corrected chi connectivity index (χ3v) is 10.6. The second kappa shape index (κ2) is 18.5. The number of hydrogen-bond donors (Lipinski definition) is 0. The number of halogens is 4. The molecule has 0 amide bonds. The maximum atomic E-state index is 6.66. The van der Waals surface area contributed by atoms with Crippen LogP contribution in [-0.4, -0.2) is 26.4 Å². The second-order valence-electron chi connectivity index (χ2n) is 12.3. The maximum absolute atomic E-state index is 6.66. The fourth-order valence-corrected chi connectivity index (χ4v) is 9.28. The highest BCUT2D eigenvalue weighted by molar-refractivity contribution is 14.1. The molecule has 4 nitrogen and oxygen atoms in total. The van der Waals surface area contributed by atoms with Gasteiger partial charge in [0.15, 0.2) is 0 Å². The molecule has 0 saturated carbocycles. The summed E-state index contributed by atoms with van der Waals surface area (Å²) in [6, 6.07) is 18.3. The predicted molar refractivity (Wildman–Crippen MR) is 231 cm³/mol. The van der Waals surface area contributed by atoms with Crippen LogP contribution in [0.25, 0.3) is 0 Å². The van der Waals surface area contributed by atoms with Gasteiger partial charge >= 0.3 is 0 Å². The van der Waals surface area contributed by atoms with Gasteiger partial charge in [0.25, 0.3) is 0 Å². The van der Waals surface area contributed by atoms with Gasteiger partial charge < -0.3 is 18.9 Å². The van der Waals surface area contributed by atoms with Crippen LogP contribution in [0.2, 0.25) is 0 Å². The molecule has 0 heterocycles. The summed E-state index contributed by atoms with van der Waals surface area (Å²) in [7, 11) is 0. The molecular formula is C40H44I4O4. The topological polar surface area (TPSA) is 36.9 Å². The molecule has 8 heteroatoms. The molecule has 0 radical (unpaired) electrons. The molecule has 0 spiro atoms. The summed E-state index contributed by atoms with van der Waals surface area (Å²) in [5.74, 6) is 3.96. The van der Waals surface area contributed by atoms with E-state index in [0.717, 1.165) is 74.4 Å². The summed E-state index contributed by atoms with van der Waals surface area (Å²) in [5, 5.41) is 0. The van der Waals surface area contributed by atoms with E-state index >= 15 is 0 Å². The number of fused-ring (bicyclic) bond motifs is 8. The largest absolute Gasteiger partial charge is 0.493 e. The molecule has 0 unspecified atom stereocenters. The first-order valence-corrected chi connectivity index (χ1v) is 21.3. The normalized spacial score (nSPS) is 12.5. The summed E-state index contributed by atoms with van der Waals surface area (Å²) < 4.78 is 31.4. The Morgan fingerprint density at radius 1 is 0.354 bits per heavy atom. The van der Waals surface area contributed by atoms with Crippen molar-refractivity contribution in [2.45, 2.75) is 79.1 Å². The minimum Gasteiger partial charge on any atom is -0.493 e. The van der Waals surface area contributed by atoms with Crippen LogP contribution in [0, 0.1) is 14.3 Å². The van der Waals surface area contributed by atoms with Gasteiger partial charge in [0.2, 0.25) is 0 Å². The molecule has 0 aromatic heterocycles. The third-order valence-electron chi connectivity index (χ3n) is 8.16. The van der Waals surface area contributed by atoms with Gasteiger partial charge in [0.1, 0.15) is 23.0 Å². The van der Waals surface area contributed by atoms with E-state index in [1.807, 2.05) is 0 Å². The Bertz CT molecular complexity index is 1390. The molecule has 1 aliphatic carbocycles. The zero-order chi connectivity index (χ0) is 34.2. The smallest absolute Gasteiger partial charge is 0.126 e. The van der Waals surface area contributed by atoms with Crippen LogP contribution in [0.15, 0.2) is 48.5 Å². The molecule has 0 atom stereocenters. The van der Waals surface area contributed by atoms with Crippen molar-refractivity contribution in [1.29, 1.82) is 0 Å². The Morgan fingerprint density at radius 3 is 0.667 bits per heavy atom. The van der Waals surface area contributed by atoms with E-state index in [-0.39, 0.29) is 0 Å². The molecule has 256 valence electrons. The summed E-state index contributed by atoms with van der Waals surface area (Å²) in [6.07, 6.45) is 6.67. The van der Waals surface area contributed by atoms with E-state index in [1.54, 1.807) is 0 Å². The Hall–Kier alpha value is -1.00. The first kappa shape index (κ1) is 38.2. The van der Waals surface area contributed by atoms with E-state index in [0.29, 0.717) is 26.4 Å². The lowest BCUT2D eigenvalue weighted by molar-refractivity contribution is 0.304. The SMILES string of the molecule is CCCOc1c2cc(I)cc1Cc1cc(I)cc(c1OCCC)Cc1cc(I)cc(c1OCCC)Cc1cc(I)cc(c1OCCC)C2. The van der Waals surface area contributed by atoms with Crippen molar-refractivity contribution in [2.24, 2.45) is 0 Å². The molecule has 0 aliphatic heterocycles. The first-order valence-electron chi connectivity index (χ1n) is 17.0. The lowest BCUT2D eigenvalue weighted by Crippen LogP contribution is -2.11. The zero-order valence-corrected chi connectivity index (χ0v) is 36.9. The molecule has 4 aromatic rings. The molecule has 0 saturated heterocycles. The van der Waals surface area contributed by atoms with E-state index in [1.165, 1.54) is 58.8 Å². The number of benzene rings is 4. The van der Waals surface area contributed by atoms with Crippen molar-refractivity contribution in [3.8, 4) is 23.0 Å². The molecule has 4 aromatic carbocycles. The van der Waals surface area contributed by atoms with Crippen molar-refractivity contribution in [3.63, 3.8) is 0 Å². The highest BCUT2D eigenvalue weighted by atomic mass is 127. The van der Waals surface area contributed by atoms with Gasteiger partial charge in [-0.3, -0.25) is 0 Å². The van der Waals surface area contributed by atoms with Crippen LogP contribution in [0.3, 0.4) is 0 Å². The summed E-state index contributed by atoms with van der Waals surface area (Å²) in [4.78, 5) is 0. The predicted octanol–water partition coefficient (Wildman–Crippen LogP) is 11.9. The Morgan fingerprint density at radius 2 is 0.521 bits per heavy atom. The number of ether oxygens (including phenoxy) is 4. The minimum atomic E-state index is 0.669. The van der Waals surface area contributed by atoms with Crippen LogP contribution in [0.5, 0.6) is 23.0 Å². The van der Waals surface area contributed by atoms with Crippen molar-refractivity contribution < 1.29 is 18.9 Å². The standard InChI is InChI=1S/C40H44I4O4/c1-5-9-45-37-25-13-27-19-34(42)21-29(38(27)46-10-6-2)15-31-23-36(44)24-32(40(31)48-12-8-4)16-30-22-35(43)20-28(39(30)47-11-7-3)14-26(37)18-33(41)17-25/h17-24H,5-16H2,1-4H3. The van der Waals surface area contributed by atoms with Crippen LogP contribution < -0.4 is 18.9 Å². The Labute approximate surface area is 341 Å². The highest BCUT2D eigenvalue weighted by Crippen LogP contribution is 2.41. The van der Waals surface area contributed by atoms with E-state index < -0.39 is 0 Å². The van der Waals surface area contributed by atoms with Gasteiger partial charge in [0.05, 0.1) is 26.4 Å². The highest BCUT2D eigenvalue weighted by Gasteiger charge is 2.23. The van der Waals surface area contributed by atoms with E-state index in [2.05, 4.69) is 167 Å². The molecule has 0 N–H and O–H groups in total. The molecule has 8 bridgehead atoms. The fraction of sp³-hybridized carbons (Fsp3) is 0.400. The Balaban J connectivity index is 1.83. The number of rotatable bonds is 12. The van der Waals surface area contributed by atoms with Crippen molar-refractivity contribution >= 4 is 90.4 Å². The third kappa shape index (κ3) is 9.65. The monoisotopic (exact) mass is 1100 g/mol. The van der Waals surface area contributed by atoms with Gasteiger partial charge in [0, 0.05) is 40.0 Å². The average Bonchev–Trinajstić information content (AvgIpc) is 3.03. The van der Waals surface area contributed by atoms with Crippen LogP contribution >= 0.6 is 90.4 Å². The van der Waals surface area contributed by atoms with Crippen LogP contribution in [0.4, 0.5) is 0 Å². The first-order chi connectivity index (χ1) is 23.2. The summed E-state index contributed by atoms with van der Waals surface area (Å²) in [6.45, 7) is 11.4. The molecular weight excluding hydrogens is 1050 g/mol. The minimum absolute atomic E-state index is 0.669. The quantitative estimate of drug-likeness (QED) is 0.117. The average molecular weight is 1100 g/mol. The number of hydrogen-bond acceptors (Lipinski definition) is 4. The van der Waals surface area contributed by atoms with E-state index in [4.69, 9.17) is 18.9 Å². The van der Waals surface area contributed by atoms with Crippen molar-refractivity contribution in [3.05, 3.63) is 107 Å². The van der Waals surface area contributed by atoms with Crippen LogP contribution in [-0.2, 0) is 25.7 Å². The van der Waals surface area contributed by atoms with Gasteiger partial charge in [-0.25, -0.2) is 0 Å². The van der Waals surface area contributed by atoms with Gasteiger partial charge in [-0.05, 0) is 209 Å². The van der Waals surface area contributed by atoms with E-state index in [9.17, 15) is 0 Å². The second-order valence-corrected chi connectivity index (χ2v) is 17.3. The lowest BCUT2D eigenvalue weighted by atomic mass is 9.91. The molecule has 0 fully saturated rings. The van der Waals surface area contributed by atoms with Gasteiger partial charge in [-0.15, -0.1) is 0 Å². The maximum Gasteiger partial charge on any atom is 0.126 e. The van der Waals surface area contributed by atoms with Crippen molar-refractivity contribution in [1.82, 2.24) is 0 Å². The van der Waals surface area contributed by atoms with Crippen LogP contribution in [0.1, 0.15) is 97.9 Å². The lowest BCUT2D eigenvalue weighted by Gasteiger charge is -2.23. The molecule has 48 heavy (non-hydrogen) atoms. The summed E-state index contributed by atoms with van der Waals surface area (Å²) >= 11 is 9.87. The van der Waals surface area contributed by atoms with Gasteiger partial charge in [-0.2, -0.15) is 0 Å². The summed E-state index contributed by atoms with van der Waals surface area (Å²) in [5.41, 5.74) is 9.53. The zero-order valence-electron chi connectivity index (χ0n) is 28.2. The fourth-order valence-electron chi connectivity index (χ4n) is 6.28. The van der Waals surface area contributed by atoms with Crippen molar-refractivity contribution in [2.75, 3.05) is 26.4 Å². The molecule has 5 rings (SSSR count). The Kier molecular flexibility index (Phi) is 14.7.